The van der Waals surface area contributed by atoms with Crippen molar-refractivity contribution < 1.29 is 18.4 Å². The number of halogens is 2. The molecule has 0 radical (unpaired) electrons. The predicted octanol–water partition coefficient (Wildman–Crippen LogP) is 4.31. The number of hydrogen-bond donors (Lipinski definition) is 1. The van der Waals surface area contributed by atoms with Gasteiger partial charge in [0.05, 0.1) is 5.56 Å². The Morgan fingerprint density at radius 2 is 1.78 bits per heavy atom. The van der Waals surface area contributed by atoms with E-state index >= 15 is 0 Å². The maximum absolute atomic E-state index is 13.6. The molecule has 4 nitrogen and oxygen atoms in total. The van der Waals surface area contributed by atoms with Crippen LogP contribution in [-0.4, -0.2) is 24.9 Å². The molecule has 0 spiro atoms. The van der Waals surface area contributed by atoms with Crippen molar-refractivity contribution in [2.75, 3.05) is 18.0 Å². The third-order valence-electron chi connectivity index (χ3n) is 4.13. The minimum atomic E-state index is -0.904. The fourth-order valence-corrected chi connectivity index (χ4v) is 2.67. The van der Waals surface area contributed by atoms with Crippen LogP contribution in [0.15, 0.2) is 48.5 Å². The van der Waals surface area contributed by atoms with Crippen molar-refractivity contribution in [1.82, 2.24) is 5.32 Å². The van der Waals surface area contributed by atoms with Crippen molar-refractivity contribution in [3.63, 3.8) is 0 Å². The summed E-state index contributed by atoms with van der Waals surface area (Å²) in [4.78, 5) is 26.3. The molecule has 0 aliphatic carbocycles. The lowest BCUT2D eigenvalue weighted by molar-refractivity contribution is -0.118. The molecule has 0 aromatic heterocycles. The Hall–Kier alpha value is -2.76. The third-order valence-corrected chi connectivity index (χ3v) is 4.13. The van der Waals surface area contributed by atoms with Gasteiger partial charge in [0.25, 0.3) is 5.91 Å². The summed E-state index contributed by atoms with van der Waals surface area (Å²) in [5.41, 5.74) is 0.643. The van der Waals surface area contributed by atoms with Crippen LogP contribution in [0.3, 0.4) is 0 Å². The normalized spacial score (nSPS) is 10.5. The molecule has 2 amide bonds. The van der Waals surface area contributed by atoms with E-state index in [0.29, 0.717) is 19.0 Å². The lowest BCUT2D eigenvalue weighted by atomic mass is 10.2. The summed E-state index contributed by atoms with van der Waals surface area (Å²) in [5.74, 6) is -2.27. The van der Waals surface area contributed by atoms with Gasteiger partial charge in [0.1, 0.15) is 11.6 Å². The molecule has 0 saturated heterocycles. The molecule has 2 aromatic rings. The second kappa shape index (κ2) is 10.4. The Morgan fingerprint density at radius 1 is 1.04 bits per heavy atom. The smallest absolute Gasteiger partial charge is 0.254 e. The number of nitrogens with zero attached hydrogens (tertiary/aromatic N) is 1. The van der Waals surface area contributed by atoms with Gasteiger partial charge in [0.15, 0.2) is 0 Å². The van der Waals surface area contributed by atoms with E-state index in [1.165, 1.54) is 0 Å². The average Bonchev–Trinajstić information content (AvgIpc) is 2.66. The van der Waals surface area contributed by atoms with Crippen LogP contribution in [0.5, 0.6) is 0 Å². The number of carbonyl (C=O) groups is 2. The van der Waals surface area contributed by atoms with Gasteiger partial charge in [-0.25, -0.2) is 8.78 Å². The van der Waals surface area contributed by atoms with Crippen LogP contribution in [0.1, 0.15) is 43.0 Å². The Labute approximate surface area is 158 Å². The third kappa shape index (κ3) is 6.16. The van der Waals surface area contributed by atoms with Gasteiger partial charge in [-0.2, -0.15) is 0 Å². The topological polar surface area (TPSA) is 49.4 Å². The molecule has 0 bridgehead atoms. The standard InChI is InChI=1S/C21H24F2N2O2/c1-2-3-14-25(17-8-5-4-6-9-17)20(26)10-7-13-24-21(27)18-12-11-16(22)15-19(18)23/h4-6,8-9,11-12,15H,2-3,7,10,13-14H2,1H3,(H,24,27). The molecular weight excluding hydrogens is 350 g/mol. The molecule has 0 aliphatic rings. The highest BCUT2D eigenvalue weighted by Gasteiger charge is 2.15. The zero-order chi connectivity index (χ0) is 19.6. The lowest BCUT2D eigenvalue weighted by Gasteiger charge is -2.22. The van der Waals surface area contributed by atoms with E-state index in [1.54, 1.807) is 4.90 Å². The van der Waals surface area contributed by atoms with Gasteiger partial charge in [-0.15, -0.1) is 0 Å². The van der Waals surface area contributed by atoms with Crippen molar-refractivity contribution in [3.8, 4) is 0 Å². The molecule has 2 rings (SSSR count). The second-order valence-corrected chi connectivity index (χ2v) is 6.22. The Kier molecular flexibility index (Phi) is 7.92. The first kappa shape index (κ1) is 20.6. The van der Waals surface area contributed by atoms with Crippen LogP contribution in [0.2, 0.25) is 0 Å². The number of unbranched alkanes of at least 4 members (excludes halogenated alkanes) is 1. The second-order valence-electron chi connectivity index (χ2n) is 6.22. The maximum atomic E-state index is 13.6. The molecule has 6 heteroatoms. The summed E-state index contributed by atoms with van der Waals surface area (Å²) >= 11 is 0. The molecule has 27 heavy (non-hydrogen) atoms. The predicted molar refractivity (Wildman–Crippen MR) is 102 cm³/mol. The van der Waals surface area contributed by atoms with Gasteiger partial charge in [-0.1, -0.05) is 31.5 Å². The largest absolute Gasteiger partial charge is 0.352 e. The molecule has 0 fully saturated rings. The van der Waals surface area contributed by atoms with E-state index < -0.39 is 17.5 Å². The molecule has 0 atom stereocenters. The molecular formula is C21H24F2N2O2. The number of hydrogen-bond acceptors (Lipinski definition) is 2. The highest BCUT2D eigenvalue weighted by Crippen LogP contribution is 2.16. The van der Waals surface area contributed by atoms with Gasteiger partial charge in [-0.05, 0) is 37.1 Å². The first-order valence-electron chi connectivity index (χ1n) is 9.11. The number of para-hydroxylation sites is 1. The van der Waals surface area contributed by atoms with Gasteiger partial charge in [-0.3, -0.25) is 9.59 Å². The average molecular weight is 374 g/mol. The molecule has 2 aromatic carbocycles. The number of rotatable bonds is 9. The summed E-state index contributed by atoms with van der Waals surface area (Å²) in [5, 5.41) is 2.56. The highest BCUT2D eigenvalue weighted by atomic mass is 19.1. The number of anilines is 1. The Bertz CT molecular complexity index is 766. The zero-order valence-electron chi connectivity index (χ0n) is 15.4. The SMILES string of the molecule is CCCCN(C(=O)CCCNC(=O)c1ccc(F)cc1F)c1ccccc1. The van der Waals surface area contributed by atoms with E-state index in [0.717, 1.165) is 30.7 Å². The van der Waals surface area contributed by atoms with Crippen LogP contribution in [0, 0.1) is 11.6 Å². The summed E-state index contributed by atoms with van der Waals surface area (Å²) in [6.45, 7) is 2.95. The minimum absolute atomic E-state index is 0.0168. The summed E-state index contributed by atoms with van der Waals surface area (Å²) in [6, 6.07) is 12.3. The number of benzene rings is 2. The summed E-state index contributed by atoms with van der Waals surface area (Å²) in [6.07, 6.45) is 2.59. The van der Waals surface area contributed by atoms with Gasteiger partial charge in [0, 0.05) is 31.3 Å². The van der Waals surface area contributed by atoms with Crippen LogP contribution in [-0.2, 0) is 4.79 Å². The number of amides is 2. The minimum Gasteiger partial charge on any atom is -0.352 e. The molecule has 0 heterocycles. The zero-order valence-corrected chi connectivity index (χ0v) is 15.4. The van der Waals surface area contributed by atoms with Crippen LogP contribution in [0.4, 0.5) is 14.5 Å². The molecule has 0 saturated carbocycles. The van der Waals surface area contributed by atoms with Crippen molar-refractivity contribution in [2.24, 2.45) is 0 Å². The number of nitrogens with one attached hydrogen (secondary N) is 1. The monoisotopic (exact) mass is 374 g/mol. The van der Waals surface area contributed by atoms with Crippen molar-refractivity contribution in [3.05, 3.63) is 65.7 Å². The van der Waals surface area contributed by atoms with Crippen LogP contribution in [0.25, 0.3) is 0 Å². The molecule has 0 aliphatic heterocycles. The van der Waals surface area contributed by atoms with Crippen LogP contribution < -0.4 is 10.2 Å². The van der Waals surface area contributed by atoms with Gasteiger partial charge < -0.3 is 10.2 Å². The first-order chi connectivity index (χ1) is 13.0. The van der Waals surface area contributed by atoms with E-state index in [2.05, 4.69) is 12.2 Å². The molecule has 1 N–H and O–H groups in total. The van der Waals surface area contributed by atoms with Gasteiger partial charge in [0.2, 0.25) is 5.91 Å². The Balaban J connectivity index is 1.85. The van der Waals surface area contributed by atoms with Crippen molar-refractivity contribution in [1.29, 1.82) is 0 Å². The summed E-state index contributed by atoms with van der Waals surface area (Å²) in [7, 11) is 0. The number of carbonyl (C=O) groups excluding carboxylic acids is 2. The lowest BCUT2D eigenvalue weighted by Crippen LogP contribution is -2.33. The Morgan fingerprint density at radius 3 is 2.44 bits per heavy atom. The van der Waals surface area contributed by atoms with Crippen molar-refractivity contribution in [2.45, 2.75) is 32.6 Å². The molecule has 144 valence electrons. The van der Waals surface area contributed by atoms with Gasteiger partial charge >= 0.3 is 0 Å². The first-order valence-corrected chi connectivity index (χ1v) is 9.11. The fraction of sp³-hybridized carbons (Fsp3) is 0.333. The fourth-order valence-electron chi connectivity index (χ4n) is 2.67. The summed E-state index contributed by atoms with van der Waals surface area (Å²) < 4.78 is 26.5. The van der Waals surface area contributed by atoms with E-state index in [1.807, 2.05) is 30.3 Å². The maximum Gasteiger partial charge on any atom is 0.254 e. The van der Waals surface area contributed by atoms with E-state index in [-0.39, 0.29) is 24.4 Å². The van der Waals surface area contributed by atoms with Crippen molar-refractivity contribution >= 4 is 17.5 Å². The quantitative estimate of drug-likeness (QED) is 0.665. The molecule has 0 unspecified atom stereocenters. The van der Waals surface area contributed by atoms with Crippen LogP contribution >= 0.6 is 0 Å². The highest BCUT2D eigenvalue weighted by molar-refractivity contribution is 5.95. The van der Waals surface area contributed by atoms with E-state index in [9.17, 15) is 18.4 Å². The van der Waals surface area contributed by atoms with E-state index in [4.69, 9.17) is 0 Å².